The number of hydrogen-bond donors (Lipinski definition) is 2. The van der Waals surface area contributed by atoms with Crippen LogP contribution in [-0.2, 0) is 4.74 Å². The SMILES string of the molecule is COCCCOc1ccc(C(=O)NCC(N)c2ccc(C(C)C)cc2)cc1.Cl. The van der Waals surface area contributed by atoms with E-state index in [0.29, 0.717) is 31.2 Å². The summed E-state index contributed by atoms with van der Waals surface area (Å²) in [5.74, 6) is 1.08. The van der Waals surface area contributed by atoms with Crippen LogP contribution in [0.2, 0.25) is 0 Å². The van der Waals surface area contributed by atoms with Gasteiger partial charge in [-0.25, -0.2) is 0 Å². The Labute approximate surface area is 174 Å². The second-order valence-corrected chi connectivity index (χ2v) is 6.86. The van der Waals surface area contributed by atoms with Gasteiger partial charge in [0.2, 0.25) is 0 Å². The van der Waals surface area contributed by atoms with E-state index in [2.05, 4.69) is 31.3 Å². The van der Waals surface area contributed by atoms with E-state index in [9.17, 15) is 4.79 Å². The fraction of sp³-hybridized carbons (Fsp3) is 0.409. The number of carbonyl (C=O) groups excluding carboxylic acids is 1. The van der Waals surface area contributed by atoms with Gasteiger partial charge in [0.25, 0.3) is 5.91 Å². The number of benzene rings is 2. The molecule has 0 aliphatic heterocycles. The molecule has 3 N–H and O–H groups in total. The average Bonchev–Trinajstić information content (AvgIpc) is 2.69. The number of ether oxygens (including phenoxy) is 2. The molecule has 0 heterocycles. The summed E-state index contributed by atoms with van der Waals surface area (Å²) in [4.78, 5) is 12.3. The molecule has 0 spiro atoms. The number of nitrogens with two attached hydrogens (primary N) is 1. The van der Waals surface area contributed by atoms with E-state index < -0.39 is 0 Å². The molecule has 1 atom stereocenters. The van der Waals surface area contributed by atoms with E-state index in [-0.39, 0.29) is 24.4 Å². The Morgan fingerprint density at radius 3 is 2.18 bits per heavy atom. The van der Waals surface area contributed by atoms with Crippen LogP contribution < -0.4 is 15.8 Å². The minimum atomic E-state index is -0.237. The third kappa shape index (κ3) is 7.50. The number of rotatable bonds is 10. The first-order chi connectivity index (χ1) is 13.0. The van der Waals surface area contributed by atoms with Crippen LogP contribution in [0.5, 0.6) is 5.75 Å². The monoisotopic (exact) mass is 406 g/mol. The average molecular weight is 407 g/mol. The highest BCUT2D eigenvalue weighted by Gasteiger charge is 2.10. The lowest BCUT2D eigenvalue weighted by Crippen LogP contribution is -2.31. The van der Waals surface area contributed by atoms with E-state index in [0.717, 1.165) is 17.7 Å². The zero-order valence-corrected chi connectivity index (χ0v) is 17.6. The van der Waals surface area contributed by atoms with Crippen molar-refractivity contribution < 1.29 is 14.3 Å². The van der Waals surface area contributed by atoms with Gasteiger partial charge in [-0.3, -0.25) is 4.79 Å². The molecule has 0 bridgehead atoms. The van der Waals surface area contributed by atoms with Gasteiger partial charge in [0, 0.05) is 38.3 Å². The summed E-state index contributed by atoms with van der Waals surface area (Å²) in [6, 6.07) is 15.1. The van der Waals surface area contributed by atoms with Crippen LogP contribution in [-0.4, -0.2) is 32.8 Å². The van der Waals surface area contributed by atoms with Crippen molar-refractivity contribution in [2.75, 3.05) is 26.9 Å². The third-order valence-corrected chi connectivity index (χ3v) is 4.39. The Balaban J connectivity index is 0.00000392. The molecule has 0 radical (unpaired) electrons. The zero-order valence-electron chi connectivity index (χ0n) is 16.8. The molecule has 0 aromatic heterocycles. The lowest BCUT2D eigenvalue weighted by atomic mass is 9.99. The number of amides is 1. The molecule has 0 saturated carbocycles. The molecule has 2 rings (SSSR count). The van der Waals surface area contributed by atoms with Gasteiger partial charge in [-0.05, 0) is 41.3 Å². The molecule has 28 heavy (non-hydrogen) atoms. The Hall–Kier alpha value is -2.08. The molecule has 0 aliphatic rings. The van der Waals surface area contributed by atoms with Gasteiger partial charge in [-0.1, -0.05) is 38.1 Å². The Morgan fingerprint density at radius 1 is 1.00 bits per heavy atom. The molecule has 0 aliphatic carbocycles. The second-order valence-electron chi connectivity index (χ2n) is 6.86. The predicted octanol–water partition coefficient (Wildman–Crippen LogP) is 4.08. The lowest BCUT2D eigenvalue weighted by Gasteiger charge is -2.15. The van der Waals surface area contributed by atoms with Crippen molar-refractivity contribution in [1.29, 1.82) is 0 Å². The number of nitrogens with one attached hydrogen (secondary N) is 1. The van der Waals surface area contributed by atoms with Crippen LogP contribution in [0, 0.1) is 0 Å². The van der Waals surface area contributed by atoms with E-state index in [4.69, 9.17) is 15.2 Å². The number of hydrogen-bond acceptors (Lipinski definition) is 4. The van der Waals surface area contributed by atoms with Gasteiger partial charge in [0.1, 0.15) is 5.75 Å². The zero-order chi connectivity index (χ0) is 19.6. The van der Waals surface area contributed by atoms with Gasteiger partial charge in [0.05, 0.1) is 6.61 Å². The normalized spacial score (nSPS) is 11.6. The molecule has 5 nitrogen and oxygen atoms in total. The summed E-state index contributed by atoms with van der Waals surface area (Å²) < 4.78 is 10.6. The fourth-order valence-corrected chi connectivity index (χ4v) is 2.65. The van der Waals surface area contributed by atoms with E-state index in [1.165, 1.54) is 5.56 Å². The van der Waals surface area contributed by atoms with Crippen molar-refractivity contribution in [2.45, 2.75) is 32.2 Å². The standard InChI is InChI=1S/C22H30N2O3.ClH/c1-16(2)17-5-7-18(8-6-17)21(23)15-24-22(25)19-9-11-20(12-10-19)27-14-4-13-26-3;/h5-12,16,21H,4,13-15,23H2,1-3H3,(H,24,25);1H. The van der Waals surface area contributed by atoms with E-state index in [1.54, 1.807) is 31.4 Å². The van der Waals surface area contributed by atoms with Crippen molar-refractivity contribution in [3.05, 3.63) is 65.2 Å². The lowest BCUT2D eigenvalue weighted by molar-refractivity contribution is 0.0951. The smallest absolute Gasteiger partial charge is 0.251 e. The van der Waals surface area contributed by atoms with Gasteiger partial charge in [-0.2, -0.15) is 0 Å². The summed E-state index contributed by atoms with van der Waals surface area (Å²) in [5, 5.41) is 2.89. The molecule has 0 fully saturated rings. The molecule has 0 saturated heterocycles. The molecule has 154 valence electrons. The van der Waals surface area contributed by atoms with Crippen LogP contribution in [0.15, 0.2) is 48.5 Å². The minimum absolute atomic E-state index is 0. The number of halogens is 1. The van der Waals surface area contributed by atoms with E-state index in [1.807, 2.05) is 12.1 Å². The number of methoxy groups -OCH3 is 1. The maximum atomic E-state index is 12.3. The maximum Gasteiger partial charge on any atom is 0.251 e. The van der Waals surface area contributed by atoms with Crippen LogP contribution in [0.1, 0.15) is 53.7 Å². The Morgan fingerprint density at radius 2 is 1.61 bits per heavy atom. The van der Waals surface area contributed by atoms with Crippen molar-refractivity contribution in [3.8, 4) is 5.75 Å². The summed E-state index contributed by atoms with van der Waals surface area (Å²) >= 11 is 0. The van der Waals surface area contributed by atoms with Crippen LogP contribution >= 0.6 is 12.4 Å². The first-order valence-electron chi connectivity index (χ1n) is 9.36. The van der Waals surface area contributed by atoms with Crippen molar-refractivity contribution in [3.63, 3.8) is 0 Å². The topological polar surface area (TPSA) is 73.6 Å². The van der Waals surface area contributed by atoms with Gasteiger partial charge in [0.15, 0.2) is 0 Å². The predicted molar refractivity (Wildman–Crippen MR) is 115 cm³/mol. The van der Waals surface area contributed by atoms with Crippen molar-refractivity contribution in [1.82, 2.24) is 5.32 Å². The van der Waals surface area contributed by atoms with Crippen molar-refractivity contribution in [2.24, 2.45) is 5.73 Å². The highest BCUT2D eigenvalue weighted by Crippen LogP contribution is 2.18. The number of carbonyl (C=O) groups is 1. The quantitative estimate of drug-likeness (QED) is 0.583. The summed E-state index contributed by atoms with van der Waals surface area (Å²) in [5.41, 5.74) is 9.08. The molecule has 1 unspecified atom stereocenters. The second kappa shape index (κ2) is 12.4. The van der Waals surface area contributed by atoms with Gasteiger partial charge < -0.3 is 20.5 Å². The first-order valence-corrected chi connectivity index (χ1v) is 9.36. The Kier molecular flexibility index (Phi) is 10.6. The summed E-state index contributed by atoms with van der Waals surface area (Å²) in [6.07, 6.45) is 0.828. The third-order valence-electron chi connectivity index (χ3n) is 4.39. The van der Waals surface area contributed by atoms with Crippen LogP contribution in [0.3, 0.4) is 0 Å². The van der Waals surface area contributed by atoms with Crippen LogP contribution in [0.4, 0.5) is 0 Å². The molecule has 2 aromatic carbocycles. The first kappa shape index (κ1) is 24.0. The van der Waals surface area contributed by atoms with E-state index >= 15 is 0 Å². The van der Waals surface area contributed by atoms with Gasteiger partial charge >= 0.3 is 0 Å². The largest absolute Gasteiger partial charge is 0.494 e. The highest BCUT2D eigenvalue weighted by molar-refractivity contribution is 5.94. The molecule has 2 aromatic rings. The maximum absolute atomic E-state index is 12.3. The minimum Gasteiger partial charge on any atom is -0.494 e. The summed E-state index contributed by atoms with van der Waals surface area (Å²) in [7, 11) is 1.67. The highest BCUT2D eigenvalue weighted by atomic mass is 35.5. The fourth-order valence-electron chi connectivity index (χ4n) is 2.65. The Bertz CT molecular complexity index is 703. The van der Waals surface area contributed by atoms with Crippen LogP contribution in [0.25, 0.3) is 0 Å². The van der Waals surface area contributed by atoms with Gasteiger partial charge in [-0.15, -0.1) is 12.4 Å². The molecular weight excluding hydrogens is 376 g/mol. The molecular formula is C22H31ClN2O3. The molecule has 1 amide bonds. The summed E-state index contributed by atoms with van der Waals surface area (Å²) in [6.45, 7) is 5.95. The molecule has 6 heteroatoms. The van der Waals surface area contributed by atoms with Crippen molar-refractivity contribution >= 4 is 18.3 Å².